The summed E-state index contributed by atoms with van der Waals surface area (Å²) in [6, 6.07) is 4.98. The molecule has 0 amide bonds. The Bertz CT molecular complexity index is 454. The molecule has 2 saturated heterocycles. The van der Waals surface area contributed by atoms with Crippen LogP contribution in [0.5, 0.6) is 0 Å². The minimum absolute atomic E-state index is 0.562. The molecule has 0 N–H and O–H groups in total. The Morgan fingerprint density at radius 3 is 2.71 bits per heavy atom. The van der Waals surface area contributed by atoms with E-state index in [1.165, 1.54) is 37.2 Å². The van der Waals surface area contributed by atoms with Gasteiger partial charge in [0.1, 0.15) is 5.82 Å². The Kier molecular flexibility index (Phi) is 4.76. The fourth-order valence-corrected chi connectivity index (χ4v) is 3.67. The zero-order chi connectivity index (χ0) is 14.7. The van der Waals surface area contributed by atoms with Crippen LogP contribution in [0.2, 0.25) is 0 Å². The van der Waals surface area contributed by atoms with E-state index in [-0.39, 0.29) is 0 Å². The van der Waals surface area contributed by atoms with Crippen LogP contribution in [0.15, 0.2) is 18.3 Å². The number of rotatable bonds is 3. The number of piperidine rings is 1. The van der Waals surface area contributed by atoms with Crippen LogP contribution in [-0.4, -0.2) is 61.1 Å². The van der Waals surface area contributed by atoms with Gasteiger partial charge in [-0.2, -0.15) is 0 Å². The van der Waals surface area contributed by atoms with Gasteiger partial charge in [-0.3, -0.25) is 4.90 Å². The van der Waals surface area contributed by atoms with Gasteiger partial charge in [0.15, 0.2) is 0 Å². The third kappa shape index (κ3) is 3.22. The van der Waals surface area contributed by atoms with Crippen LogP contribution in [-0.2, 0) is 0 Å². The topological polar surface area (TPSA) is 22.6 Å². The van der Waals surface area contributed by atoms with Crippen molar-refractivity contribution in [2.75, 3.05) is 51.2 Å². The monoisotopic (exact) mass is 288 g/mol. The number of aromatic nitrogens is 1. The summed E-state index contributed by atoms with van der Waals surface area (Å²) < 4.78 is 0. The first-order valence-corrected chi connectivity index (χ1v) is 8.42. The molecule has 116 valence electrons. The van der Waals surface area contributed by atoms with E-state index in [0.29, 0.717) is 6.04 Å². The molecule has 2 fully saturated rings. The molecular formula is C17H28N4. The molecule has 0 radical (unpaired) electrons. The molecule has 0 aliphatic carbocycles. The molecule has 1 aromatic heterocycles. The molecule has 2 aliphatic heterocycles. The van der Waals surface area contributed by atoms with E-state index in [1.54, 1.807) is 0 Å². The minimum Gasteiger partial charge on any atom is -0.354 e. The fourth-order valence-electron chi connectivity index (χ4n) is 3.67. The maximum Gasteiger partial charge on any atom is 0.133 e. The first-order chi connectivity index (χ1) is 10.3. The van der Waals surface area contributed by atoms with Gasteiger partial charge in [-0.15, -0.1) is 0 Å². The highest BCUT2D eigenvalue weighted by atomic mass is 15.3. The number of likely N-dealkylation sites (tertiary alicyclic amines) is 1. The first kappa shape index (κ1) is 14.8. The second-order valence-corrected chi connectivity index (χ2v) is 6.35. The zero-order valence-corrected chi connectivity index (χ0v) is 13.5. The Morgan fingerprint density at radius 2 is 1.95 bits per heavy atom. The molecule has 1 unspecified atom stereocenters. The predicted octanol–water partition coefficient (Wildman–Crippen LogP) is 2.38. The second kappa shape index (κ2) is 6.75. The molecule has 0 saturated carbocycles. The van der Waals surface area contributed by atoms with Crippen molar-refractivity contribution in [2.45, 2.75) is 32.2 Å². The summed E-state index contributed by atoms with van der Waals surface area (Å²) in [6.45, 7) is 9.12. The smallest absolute Gasteiger partial charge is 0.133 e. The van der Waals surface area contributed by atoms with Crippen LogP contribution in [0.3, 0.4) is 0 Å². The highest BCUT2D eigenvalue weighted by Crippen LogP contribution is 2.35. The van der Waals surface area contributed by atoms with E-state index in [1.807, 2.05) is 6.20 Å². The lowest BCUT2D eigenvalue weighted by atomic mass is 9.95. The average molecular weight is 288 g/mol. The van der Waals surface area contributed by atoms with Crippen LogP contribution in [0, 0.1) is 0 Å². The van der Waals surface area contributed by atoms with Gasteiger partial charge in [-0.25, -0.2) is 4.98 Å². The van der Waals surface area contributed by atoms with Gasteiger partial charge in [0.25, 0.3) is 0 Å². The first-order valence-electron chi connectivity index (χ1n) is 8.42. The molecule has 0 aromatic carbocycles. The number of piperazine rings is 1. The van der Waals surface area contributed by atoms with Crippen LogP contribution < -0.4 is 4.90 Å². The van der Waals surface area contributed by atoms with Crippen molar-refractivity contribution < 1.29 is 0 Å². The summed E-state index contributed by atoms with van der Waals surface area (Å²) in [5.74, 6) is 1.23. The fraction of sp³-hybridized carbons (Fsp3) is 0.706. The number of nitrogens with zero attached hydrogens (tertiary/aromatic N) is 4. The van der Waals surface area contributed by atoms with Crippen molar-refractivity contribution in [3.63, 3.8) is 0 Å². The zero-order valence-electron chi connectivity index (χ0n) is 13.5. The maximum atomic E-state index is 4.75. The van der Waals surface area contributed by atoms with Crippen LogP contribution in [0.1, 0.15) is 37.8 Å². The molecule has 4 heteroatoms. The van der Waals surface area contributed by atoms with Gasteiger partial charge in [0, 0.05) is 44.0 Å². The van der Waals surface area contributed by atoms with Crippen molar-refractivity contribution in [2.24, 2.45) is 0 Å². The Morgan fingerprint density at radius 1 is 1.14 bits per heavy atom. The lowest BCUT2D eigenvalue weighted by molar-refractivity contribution is 0.157. The van der Waals surface area contributed by atoms with E-state index >= 15 is 0 Å². The standard InChI is InChI=1S/C17H28N4/c1-3-20-10-5-4-8-16(20)15-7-6-9-18-17(15)21-13-11-19(2)12-14-21/h6-7,9,16H,3-5,8,10-14H2,1-2H3. The molecule has 1 aromatic rings. The lowest BCUT2D eigenvalue weighted by Crippen LogP contribution is -2.45. The summed E-state index contributed by atoms with van der Waals surface area (Å²) in [6.07, 6.45) is 5.92. The van der Waals surface area contributed by atoms with Crippen molar-refractivity contribution in [3.05, 3.63) is 23.9 Å². The molecular weight excluding hydrogens is 260 g/mol. The molecule has 0 spiro atoms. The number of hydrogen-bond donors (Lipinski definition) is 0. The maximum absolute atomic E-state index is 4.75. The van der Waals surface area contributed by atoms with Gasteiger partial charge >= 0.3 is 0 Å². The number of anilines is 1. The van der Waals surface area contributed by atoms with E-state index < -0.39 is 0 Å². The normalized spacial score (nSPS) is 25.2. The quantitative estimate of drug-likeness (QED) is 0.851. The van der Waals surface area contributed by atoms with Crippen molar-refractivity contribution in [3.8, 4) is 0 Å². The van der Waals surface area contributed by atoms with E-state index in [0.717, 1.165) is 32.7 Å². The molecule has 1 atom stereocenters. The minimum atomic E-state index is 0.562. The molecule has 21 heavy (non-hydrogen) atoms. The average Bonchev–Trinajstić information content (AvgIpc) is 2.55. The van der Waals surface area contributed by atoms with Gasteiger partial charge in [0.05, 0.1) is 0 Å². The summed E-state index contributed by atoms with van der Waals surface area (Å²) in [4.78, 5) is 12.3. The highest BCUT2D eigenvalue weighted by Gasteiger charge is 2.27. The van der Waals surface area contributed by atoms with Gasteiger partial charge < -0.3 is 9.80 Å². The van der Waals surface area contributed by atoms with Gasteiger partial charge in [-0.1, -0.05) is 19.4 Å². The van der Waals surface area contributed by atoms with Gasteiger partial charge in [-0.05, 0) is 39.0 Å². The number of likely N-dealkylation sites (N-methyl/N-ethyl adjacent to an activating group) is 1. The van der Waals surface area contributed by atoms with E-state index in [4.69, 9.17) is 4.98 Å². The summed E-state index contributed by atoms with van der Waals surface area (Å²) in [5.41, 5.74) is 1.45. The third-order valence-electron chi connectivity index (χ3n) is 5.00. The Hall–Kier alpha value is -1.13. The summed E-state index contributed by atoms with van der Waals surface area (Å²) >= 11 is 0. The van der Waals surface area contributed by atoms with Crippen molar-refractivity contribution in [1.82, 2.24) is 14.8 Å². The van der Waals surface area contributed by atoms with Crippen molar-refractivity contribution >= 4 is 5.82 Å². The number of hydrogen-bond acceptors (Lipinski definition) is 4. The second-order valence-electron chi connectivity index (χ2n) is 6.35. The number of pyridine rings is 1. The lowest BCUT2D eigenvalue weighted by Gasteiger charge is -2.39. The van der Waals surface area contributed by atoms with Crippen LogP contribution in [0.4, 0.5) is 5.82 Å². The van der Waals surface area contributed by atoms with Crippen LogP contribution >= 0.6 is 0 Å². The van der Waals surface area contributed by atoms with Crippen molar-refractivity contribution in [1.29, 1.82) is 0 Å². The predicted molar refractivity (Wildman–Crippen MR) is 87.8 cm³/mol. The molecule has 0 bridgehead atoms. The third-order valence-corrected chi connectivity index (χ3v) is 5.00. The SMILES string of the molecule is CCN1CCCCC1c1cccnc1N1CCN(C)CC1. The largest absolute Gasteiger partial charge is 0.354 e. The molecule has 3 heterocycles. The summed E-state index contributed by atoms with van der Waals surface area (Å²) in [5, 5.41) is 0. The Labute approximate surface area is 128 Å². The summed E-state index contributed by atoms with van der Waals surface area (Å²) in [7, 11) is 2.20. The van der Waals surface area contributed by atoms with Crippen LogP contribution in [0.25, 0.3) is 0 Å². The van der Waals surface area contributed by atoms with Gasteiger partial charge in [0.2, 0.25) is 0 Å². The Balaban J connectivity index is 1.85. The van der Waals surface area contributed by atoms with E-state index in [2.05, 4.69) is 40.8 Å². The molecule has 3 rings (SSSR count). The molecule has 4 nitrogen and oxygen atoms in total. The highest BCUT2D eigenvalue weighted by molar-refractivity contribution is 5.49. The van der Waals surface area contributed by atoms with E-state index in [9.17, 15) is 0 Å². The molecule has 2 aliphatic rings.